The number of rotatable bonds is 1. The van der Waals surface area contributed by atoms with Crippen molar-refractivity contribution in [2.24, 2.45) is 5.73 Å². The summed E-state index contributed by atoms with van der Waals surface area (Å²) >= 11 is 0. The van der Waals surface area contributed by atoms with Gasteiger partial charge in [0.1, 0.15) is 0 Å². The number of primary amides is 1. The Labute approximate surface area is 112 Å². The Hall–Kier alpha value is -2.35. The van der Waals surface area contributed by atoms with Gasteiger partial charge >= 0.3 is 0 Å². The number of benzene rings is 2. The van der Waals surface area contributed by atoms with Gasteiger partial charge in [0.25, 0.3) is 0 Å². The van der Waals surface area contributed by atoms with E-state index in [9.17, 15) is 4.79 Å². The van der Waals surface area contributed by atoms with Gasteiger partial charge in [0, 0.05) is 6.08 Å². The second-order valence-electron chi connectivity index (χ2n) is 4.77. The number of hydrogen-bond donors (Lipinski definition) is 1. The first kappa shape index (κ1) is 11.7. The van der Waals surface area contributed by atoms with Gasteiger partial charge in [0.15, 0.2) is 0 Å². The van der Waals surface area contributed by atoms with E-state index in [0.717, 1.165) is 29.5 Å². The van der Waals surface area contributed by atoms with E-state index in [0.29, 0.717) is 0 Å². The van der Waals surface area contributed by atoms with Crippen LogP contribution in [0.2, 0.25) is 0 Å². The molecular formula is C17H15NO. The van der Waals surface area contributed by atoms with Gasteiger partial charge in [-0.05, 0) is 40.7 Å². The molecule has 1 amide bonds. The lowest BCUT2D eigenvalue weighted by atomic mass is 9.94. The maximum atomic E-state index is 11.3. The molecule has 0 heterocycles. The number of aryl methyl sites for hydroxylation is 2. The Morgan fingerprint density at radius 1 is 0.895 bits per heavy atom. The van der Waals surface area contributed by atoms with Crippen LogP contribution in [0.3, 0.4) is 0 Å². The number of hydrogen-bond acceptors (Lipinski definition) is 1. The zero-order chi connectivity index (χ0) is 13.2. The van der Waals surface area contributed by atoms with E-state index in [1.165, 1.54) is 11.1 Å². The Balaban J connectivity index is 2.28. The lowest BCUT2D eigenvalue weighted by Gasteiger charge is -2.10. The zero-order valence-electron chi connectivity index (χ0n) is 10.6. The van der Waals surface area contributed by atoms with Crippen molar-refractivity contribution in [1.29, 1.82) is 0 Å². The number of nitrogens with two attached hydrogens (primary N) is 1. The summed E-state index contributed by atoms with van der Waals surface area (Å²) in [7, 11) is 0. The molecule has 0 bridgehead atoms. The highest BCUT2D eigenvalue weighted by molar-refractivity contribution is 5.99. The molecule has 0 aromatic heterocycles. The first-order chi connectivity index (χ1) is 9.25. The molecule has 0 spiro atoms. The Morgan fingerprint density at radius 2 is 1.37 bits per heavy atom. The van der Waals surface area contributed by atoms with Gasteiger partial charge in [0.2, 0.25) is 5.91 Å². The quantitative estimate of drug-likeness (QED) is 0.776. The predicted molar refractivity (Wildman–Crippen MR) is 76.6 cm³/mol. The van der Waals surface area contributed by atoms with Gasteiger partial charge in [-0.25, -0.2) is 0 Å². The van der Waals surface area contributed by atoms with Crippen LogP contribution in [-0.2, 0) is 17.6 Å². The average Bonchev–Trinajstić information content (AvgIpc) is 2.57. The van der Waals surface area contributed by atoms with Crippen molar-refractivity contribution >= 4 is 11.5 Å². The minimum absolute atomic E-state index is 0.401. The summed E-state index contributed by atoms with van der Waals surface area (Å²) in [5.41, 5.74) is 11.1. The van der Waals surface area contributed by atoms with Gasteiger partial charge in [-0.2, -0.15) is 0 Å². The first-order valence-electron chi connectivity index (χ1n) is 6.43. The van der Waals surface area contributed by atoms with E-state index >= 15 is 0 Å². The third-order valence-corrected chi connectivity index (χ3v) is 3.57. The second-order valence-corrected chi connectivity index (χ2v) is 4.77. The largest absolute Gasteiger partial charge is 0.366 e. The highest BCUT2D eigenvalue weighted by Gasteiger charge is 2.17. The molecule has 0 aliphatic heterocycles. The van der Waals surface area contributed by atoms with E-state index in [4.69, 9.17) is 5.73 Å². The van der Waals surface area contributed by atoms with Crippen molar-refractivity contribution < 1.29 is 4.79 Å². The fourth-order valence-corrected chi connectivity index (χ4v) is 2.71. The van der Waals surface area contributed by atoms with Crippen LogP contribution in [0.5, 0.6) is 0 Å². The van der Waals surface area contributed by atoms with Crippen LogP contribution in [0.25, 0.3) is 5.57 Å². The molecule has 2 nitrogen and oxygen atoms in total. The minimum Gasteiger partial charge on any atom is -0.366 e. The van der Waals surface area contributed by atoms with Crippen LogP contribution < -0.4 is 5.73 Å². The molecule has 1 aliphatic carbocycles. The summed E-state index contributed by atoms with van der Waals surface area (Å²) in [6.45, 7) is 0. The third-order valence-electron chi connectivity index (χ3n) is 3.57. The Kier molecular flexibility index (Phi) is 2.92. The van der Waals surface area contributed by atoms with E-state index < -0.39 is 5.91 Å². The molecule has 2 aromatic carbocycles. The van der Waals surface area contributed by atoms with Crippen molar-refractivity contribution in [3.05, 3.63) is 76.9 Å². The van der Waals surface area contributed by atoms with E-state index in [1.807, 2.05) is 24.3 Å². The van der Waals surface area contributed by atoms with Crippen LogP contribution in [0.1, 0.15) is 22.3 Å². The highest BCUT2D eigenvalue weighted by Crippen LogP contribution is 2.33. The number of fused-ring (bicyclic) bond motifs is 2. The van der Waals surface area contributed by atoms with Gasteiger partial charge in [-0.1, -0.05) is 48.5 Å². The van der Waals surface area contributed by atoms with Gasteiger partial charge in [0.05, 0.1) is 0 Å². The maximum Gasteiger partial charge on any atom is 0.242 e. The lowest BCUT2D eigenvalue weighted by molar-refractivity contribution is -0.113. The molecule has 0 atom stereocenters. The summed E-state index contributed by atoms with van der Waals surface area (Å²) in [6.07, 6.45) is 3.52. The minimum atomic E-state index is -0.401. The molecule has 94 valence electrons. The highest BCUT2D eigenvalue weighted by atomic mass is 16.1. The van der Waals surface area contributed by atoms with Gasteiger partial charge < -0.3 is 5.73 Å². The van der Waals surface area contributed by atoms with Crippen LogP contribution in [0.4, 0.5) is 0 Å². The molecular weight excluding hydrogens is 234 g/mol. The van der Waals surface area contributed by atoms with Crippen molar-refractivity contribution in [1.82, 2.24) is 0 Å². The molecule has 0 saturated heterocycles. The van der Waals surface area contributed by atoms with E-state index in [2.05, 4.69) is 24.3 Å². The van der Waals surface area contributed by atoms with Gasteiger partial charge in [-0.15, -0.1) is 0 Å². The molecule has 2 heteroatoms. The summed E-state index contributed by atoms with van der Waals surface area (Å²) in [4.78, 5) is 11.3. The molecule has 1 aliphatic rings. The third kappa shape index (κ3) is 2.17. The summed E-state index contributed by atoms with van der Waals surface area (Å²) < 4.78 is 0. The van der Waals surface area contributed by atoms with Crippen LogP contribution in [0.15, 0.2) is 54.6 Å². The molecule has 0 radical (unpaired) electrons. The monoisotopic (exact) mass is 249 g/mol. The molecule has 19 heavy (non-hydrogen) atoms. The zero-order valence-corrected chi connectivity index (χ0v) is 10.6. The normalized spacial score (nSPS) is 13.2. The van der Waals surface area contributed by atoms with Crippen molar-refractivity contribution in [2.75, 3.05) is 0 Å². The van der Waals surface area contributed by atoms with Crippen LogP contribution in [0, 0.1) is 0 Å². The fourth-order valence-electron chi connectivity index (χ4n) is 2.71. The Morgan fingerprint density at radius 3 is 1.84 bits per heavy atom. The van der Waals surface area contributed by atoms with E-state index in [1.54, 1.807) is 6.08 Å². The fraction of sp³-hybridized carbons (Fsp3) is 0.118. The number of carbonyl (C=O) groups is 1. The molecule has 2 N–H and O–H groups in total. The first-order valence-corrected chi connectivity index (χ1v) is 6.43. The van der Waals surface area contributed by atoms with E-state index in [-0.39, 0.29) is 0 Å². The number of amides is 1. The van der Waals surface area contributed by atoms with Crippen molar-refractivity contribution in [2.45, 2.75) is 12.8 Å². The summed E-state index contributed by atoms with van der Waals surface area (Å²) in [6, 6.07) is 16.4. The van der Waals surface area contributed by atoms with Crippen molar-refractivity contribution in [3.63, 3.8) is 0 Å². The van der Waals surface area contributed by atoms with Gasteiger partial charge in [-0.3, -0.25) is 4.79 Å². The topological polar surface area (TPSA) is 43.1 Å². The summed E-state index contributed by atoms with van der Waals surface area (Å²) in [5, 5.41) is 0. The Bertz CT molecular complexity index is 621. The standard InChI is InChI=1S/C17H15NO/c18-17(19)11-16-14-7-3-1-5-12(14)9-10-13-6-2-4-8-15(13)16/h1-8,11H,9-10H2,(H2,18,19). The lowest BCUT2D eigenvalue weighted by Crippen LogP contribution is -2.08. The van der Waals surface area contributed by atoms with Crippen LogP contribution >= 0.6 is 0 Å². The molecule has 3 rings (SSSR count). The maximum absolute atomic E-state index is 11.3. The van der Waals surface area contributed by atoms with Crippen molar-refractivity contribution in [3.8, 4) is 0 Å². The predicted octanol–water partition coefficient (Wildman–Crippen LogP) is 2.70. The number of carbonyl (C=O) groups excluding carboxylic acids is 1. The molecule has 0 saturated carbocycles. The second kappa shape index (κ2) is 4.73. The molecule has 0 fully saturated rings. The molecule has 2 aromatic rings. The summed E-state index contributed by atoms with van der Waals surface area (Å²) in [5.74, 6) is -0.401. The molecule has 0 unspecified atom stereocenters. The van der Waals surface area contributed by atoms with Crippen LogP contribution in [-0.4, -0.2) is 5.91 Å². The smallest absolute Gasteiger partial charge is 0.242 e. The SMILES string of the molecule is NC(=O)C=C1c2ccccc2CCc2ccccc21. The average molecular weight is 249 g/mol.